The molecular formula is C20H18N2O3. The Morgan fingerprint density at radius 3 is 2.88 bits per heavy atom. The number of carboxylic acids is 1. The molecule has 0 aliphatic carbocycles. The van der Waals surface area contributed by atoms with Gasteiger partial charge < -0.3 is 14.4 Å². The van der Waals surface area contributed by atoms with Crippen LogP contribution in [0, 0.1) is 0 Å². The first kappa shape index (κ1) is 15.4. The van der Waals surface area contributed by atoms with E-state index in [4.69, 9.17) is 9.72 Å². The minimum absolute atomic E-state index is 0.218. The van der Waals surface area contributed by atoms with Gasteiger partial charge in [-0.2, -0.15) is 0 Å². The maximum absolute atomic E-state index is 11.2. The Balaban J connectivity index is 1.85. The third-order valence-corrected chi connectivity index (χ3v) is 4.51. The minimum Gasteiger partial charge on any atom is -0.491 e. The van der Waals surface area contributed by atoms with E-state index in [2.05, 4.69) is 23.6 Å². The highest BCUT2D eigenvalue weighted by molar-refractivity contribution is 5.89. The van der Waals surface area contributed by atoms with Crippen molar-refractivity contribution in [1.29, 1.82) is 0 Å². The summed E-state index contributed by atoms with van der Waals surface area (Å²) in [4.78, 5) is 16.0. The zero-order chi connectivity index (χ0) is 17.4. The summed E-state index contributed by atoms with van der Waals surface area (Å²) in [5.74, 6) is 0.418. The molecule has 0 amide bonds. The zero-order valence-electron chi connectivity index (χ0n) is 13.9. The Hall–Kier alpha value is -3.08. The summed E-state index contributed by atoms with van der Waals surface area (Å²) in [6.45, 7) is 3.29. The fourth-order valence-corrected chi connectivity index (χ4v) is 3.22. The van der Waals surface area contributed by atoms with Crippen molar-refractivity contribution in [1.82, 2.24) is 9.55 Å². The molecule has 0 atom stereocenters. The van der Waals surface area contributed by atoms with Crippen LogP contribution in [0.3, 0.4) is 0 Å². The van der Waals surface area contributed by atoms with Crippen molar-refractivity contribution in [2.24, 2.45) is 0 Å². The predicted octanol–water partition coefficient (Wildman–Crippen LogP) is 3.87. The van der Waals surface area contributed by atoms with E-state index in [1.54, 1.807) is 18.2 Å². The van der Waals surface area contributed by atoms with Crippen LogP contribution in [-0.4, -0.2) is 27.2 Å². The summed E-state index contributed by atoms with van der Waals surface area (Å²) >= 11 is 0. The first-order chi connectivity index (χ1) is 12.2. The van der Waals surface area contributed by atoms with Gasteiger partial charge in [0, 0.05) is 11.8 Å². The number of aromatic nitrogens is 2. The Kier molecular flexibility index (Phi) is 3.76. The lowest BCUT2D eigenvalue weighted by atomic mass is 10.0. The van der Waals surface area contributed by atoms with Gasteiger partial charge >= 0.3 is 5.97 Å². The summed E-state index contributed by atoms with van der Waals surface area (Å²) in [6, 6.07) is 13.2. The molecule has 0 unspecified atom stereocenters. The van der Waals surface area contributed by atoms with Crippen molar-refractivity contribution in [2.75, 3.05) is 6.61 Å². The van der Waals surface area contributed by atoms with Crippen LogP contribution in [-0.2, 0) is 13.0 Å². The average Bonchev–Trinajstić information content (AvgIpc) is 2.97. The highest BCUT2D eigenvalue weighted by Crippen LogP contribution is 2.35. The molecule has 1 aliphatic rings. The minimum atomic E-state index is -0.962. The molecule has 5 heteroatoms. The lowest BCUT2D eigenvalue weighted by Gasteiger charge is -2.07. The van der Waals surface area contributed by atoms with Gasteiger partial charge in [-0.3, -0.25) is 0 Å². The quantitative estimate of drug-likeness (QED) is 0.790. The average molecular weight is 334 g/mol. The standard InChI is InChI=1S/C20H18N2O3/c1-2-13-5-3-4-6-15(13)17-12-22-9-10-25-18-11-14(20(23)24)7-8-16(18)19(22)21-17/h3-8,11-12H,2,9-10H2,1H3,(H,23,24). The van der Waals surface area contributed by atoms with E-state index in [9.17, 15) is 9.90 Å². The van der Waals surface area contributed by atoms with Gasteiger partial charge in [-0.15, -0.1) is 0 Å². The highest BCUT2D eigenvalue weighted by atomic mass is 16.5. The van der Waals surface area contributed by atoms with Gasteiger partial charge in [-0.1, -0.05) is 31.2 Å². The molecule has 25 heavy (non-hydrogen) atoms. The number of benzene rings is 2. The molecule has 1 aromatic heterocycles. The van der Waals surface area contributed by atoms with Crippen molar-refractivity contribution < 1.29 is 14.6 Å². The third-order valence-electron chi connectivity index (χ3n) is 4.51. The lowest BCUT2D eigenvalue weighted by molar-refractivity contribution is 0.0696. The number of fused-ring (bicyclic) bond motifs is 3. The number of carbonyl (C=O) groups is 1. The van der Waals surface area contributed by atoms with Gasteiger partial charge in [0.05, 0.1) is 23.4 Å². The van der Waals surface area contributed by atoms with Gasteiger partial charge in [-0.05, 0) is 30.2 Å². The number of nitrogens with zero attached hydrogens (tertiary/aromatic N) is 2. The fourth-order valence-electron chi connectivity index (χ4n) is 3.22. The Morgan fingerprint density at radius 1 is 1.24 bits per heavy atom. The second kappa shape index (κ2) is 6.09. The van der Waals surface area contributed by atoms with Gasteiger partial charge in [0.25, 0.3) is 0 Å². The van der Waals surface area contributed by atoms with Crippen molar-refractivity contribution in [2.45, 2.75) is 19.9 Å². The predicted molar refractivity (Wildman–Crippen MR) is 94.9 cm³/mol. The smallest absolute Gasteiger partial charge is 0.335 e. The zero-order valence-corrected chi connectivity index (χ0v) is 13.9. The lowest BCUT2D eigenvalue weighted by Crippen LogP contribution is -2.04. The van der Waals surface area contributed by atoms with E-state index in [0.29, 0.717) is 18.9 Å². The van der Waals surface area contributed by atoms with E-state index in [1.165, 1.54) is 5.56 Å². The van der Waals surface area contributed by atoms with Crippen LogP contribution in [0.1, 0.15) is 22.8 Å². The molecule has 1 aliphatic heterocycles. The molecular weight excluding hydrogens is 316 g/mol. The molecule has 0 radical (unpaired) electrons. The van der Waals surface area contributed by atoms with Gasteiger partial charge in [0.2, 0.25) is 0 Å². The number of rotatable bonds is 3. The van der Waals surface area contributed by atoms with E-state index < -0.39 is 5.97 Å². The maximum Gasteiger partial charge on any atom is 0.335 e. The molecule has 0 fully saturated rings. The van der Waals surface area contributed by atoms with Gasteiger partial charge in [-0.25, -0.2) is 9.78 Å². The number of aromatic carboxylic acids is 1. The van der Waals surface area contributed by atoms with Crippen LogP contribution < -0.4 is 4.74 Å². The van der Waals surface area contributed by atoms with E-state index in [0.717, 1.165) is 29.1 Å². The first-order valence-corrected chi connectivity index (χ1v) is 8.33. The number of hydrogen-bond donors (Lipinski definition) is 1. The molecule has 1 N–H and O–H groups in total. The van der Waals surface area contributed by atoms with E-state index >= 15 is 0 Å². The highest BCUT2D eigenvalue weighted by Gasteiger charge is 2.21. The number of hydrogen-bond acceptors (Lipinski definition) is 3. The largest absolute Gasteiger partial charge is 0.491 e. The molecule has 2 heterocycles. The molecule has 0 saturated carbocycles. The van der Waals surface area contributed by atoms with Crippen molar-refractivity contribution >= 4 is 5.97 Å². The molecule has 4 rings (SSSR count). The van der Waals surface area contributed by atoms with Crippen LogP contribution in [0.25, 0.3) is 22.6 Å². The SMILES string of the molecule is CCc1ccccc1-c1cn2c(n1)-c1ccc(C(=O)O)cc1OCC2. The summed E-state index contributed by atoms with van der Waals surface area (Å²) in [6.07, 6.45) is 2.99. The van der Waals surface area contributed by atoms with Crippen molar-refractivity contribution in [3.63, 3.8) is 0 Å². The second-order valence-corrected chi connectivity index (χ2v) is 6.02. The van der Waals surface area contributed by atoms with E-state index in [-0.39, 0.29) is 5.56 Å². The third kappa shape index (κ3) is 2.67. The van der Waals surface area contributed by atoms with Crippen LogP contribution >= 0.6 is 0 Å². The molecule has 0 bridgehead atoms. The number of imidazole rings is 1. The summed E-state index contributed by atoms with van der Waals surface area (Å²) in [7, 11) is 0. The van der Waals surface area contributed by atoms with Crippen LogP contribution in [0.5, 0.6) is 5.75 Å². The molecule has 126 valence electrons. The molecule has 3 aromatic rings. The van der Waals surface area contributed by atoms with Crippen LogP contribution in [0.2, 0.25) is 0 Å². The Morgan fingerprint density at radius 2 is 2.08 bits per heavy atom. The Bertz CT molecular complexity index is 959. The van der Waals surface area contributed by atoms with Crippen LogP contribution in [0.15, 0.2) is 48.7 Å². The molecule has 0 saturated heterocycles. The number of aryl methyl sites for hydroxylation is 1. The van der Waals surface area contributed by atoms with Gasteiger partial charge in [0.15, 0.2) is 0 Å². The van der Waals surface area contributed by atoms with Crippen molar-refractivity contribution in [3.05, 3.63) is 59.8 Å². The second-order valence-electron chi connectivity index (χ2n) is 6.02. The molecule has 5 nitrogen and oxygen atoms in total. The summed E-state index contributed by atoms with van der Waals surface area (Å²) < 4.78 is 7.82. The number of carboxylic acid groups (broad SMARTS) is 1. The summed E-state index contributed by atoms with van der Waals surface area (Å²) in [5.41, 5.74) is 4.37. The van der Waals surface area contributed by atoms with Crippen molar-refractivity contribution in [3.8, 4) is 28.4 Å². The maximum atomic E-state index is 11.2. The first-order valence-electron chi connectivity index (χ1n) is 8.33. The summed E-state index contributed by atoms with van der Waals surface area (Å²) in [5, 5.41) is 9.19. The topological polar surface area (TPSA) is 64.4 Å². The monoisotopic (exact) mass is 334 g/mol. The fraction of sp³-hybridized carbons (Fsp3) is 0.200. The number of ether oxygens (including phenoxy) is 1. The van der Waals surface area contributed by atoms with E-state index in [1.807, 2.05) is 18.3 Å². The normalized spacial score (nSPS) is 12.7. The Labute approximate surface area is 145 Å². The van der Waals surface area contributed by atoms with Crippen LogP contribution in [0.4, 0.5) is 0 Å². The van der Waals surface area contributed by atoms with Gasteiger partial charge in [0.1, 0.15) is 18.2 Å². The molecule has 0 spiro atoms. The molecule has 2 aromatic carbocycles.